The Balaban J connectivity index is 1.16. The Morgan fingerprint density at radius 3 is 2.38 bits per heavy atom. The predicted octanol–water partition coefficient (Wildman–Crippen LogP) is 4.85. The van der Waals surface area contributed by atoms with Gasteiger partial charge in [0, 0.05) is 19.1 Å². The Labute approximate surface area is 232 Å². The second kappa shape index (κ2) is 12.0. The van der Waals surface area contributed by atoms with Crippen molar-refractivity contribution in [2.24, 2.45) is 0 Å². The average molecular weight is 553 g/mol. The standard InChI is InChI=1S/C31H35F3N4O2/c1-2-21-8-11-27(26(33)16-21)36-29-24(9-10-25(32)28(29)34)30(39)38-19-31(40,20-38)18-35-23-12-14-37(15-13-23)17-22-6-4-3-5-7-22/h3-11,16,23,35-36,40H,2,12-15,17-20H2,1H3. The van der Waals surface area contributed by atoms with Crippen molar-refractivity contribution < 1.29 is 23.1 Å². The molecular formula is C31H35F3N4O2. The van der Waals surface area contributed by atoms with Crippen LogP contribution in [0.4, 0.5) is 24.5 Å². The number of benzene rings is 3. The molecule has 2 aliphatic rings. The number of likely N-dealkylation sites (tertiary alicyclic amines) is 2. The summed E-state index contributed by atoms with van der Waals surface area (Å²) in [6.07, 6.45) is 2.55. The summed E-state index contributed by atoms with van der Waals surface area (Å²) in [4.78, 5) is 17.0. The maximum Gasteiger partial charge on any atom is 0.256 e. The highest BCUT2D eigenvalue weighted by atomic mass is 19.2. The molecule has 0 aliphatic carbocycles. The van der Waals surface area contributed by atoms with Gasteiger partial charge in [0.2, 0.25) is 0 Å². The van der Waals surface area contributed by atoms with Crippen LogP contribution in [0.1, 0.15) is 41.3 Å². The lowest BCUT2D eigenvalue weighted by molar-refractivity contribution is -0.0805. The van der Waals surface area contributed by atoms with Crippen molar-refractivity contribution in [2.75, 3.05) is 38.0 Å². The quantitative estimate of drug-likeness (QED) is 0.354. The summed E-state index contributed by atoms with van der Waals surface area (Å²) in [5.41, 5.74) is 0.328. The van der Waals surface area contributed by atoms with Crippen molar-refractivity contribution in [1.29, 1.82) is 0 Å². The number of carbonyl (C=O) groups is 1. The smallest absolute Gasteiger partial charge is 0.256 e. The number of aryl methyl sites for hydroxylation is 1. The topological polar surface area (TPSA) is 67.8 Å². The van der Waals surface area contributed by atoms with E-state index < -0.39 is 34.6 Å². The van der Waals surface area contributed by atoms with Crippen molar-refractivity contribution in [1.82, 2.24) is 15.1 Å². The van der Waals surface area contributed by atoms with Crippen LogP contribution in [-0.4, -0.2) is 65.2 Å². The first-order valence-corrected chi connectivity index (χ1v) is 13.8. The predicted molar refractivity (Wildman–Crippen MR) is 149 cm³/mol. The SMILES string of the molecule is CCc1ccc(Nc2c(C(=O)N3CC(O)(CNC4CCN(Cc5ccccc5)CC4)C3)ccc(F)c2F)c(F)c1. The van der Waals surface area contributed by atoms with Crippen molar-refractivity contribution in [3.05, 3.63) is 94.8 Å². The molecule has 0 saturated carbocycles. The number of hydrogen-bond acceptors (Lipinski definition) is 5. The van der Waals surface area contributed by atoms with Crippen molar-refractivity contribution >= 4 is 17.3 Å². The van der Waals surface area contributed by atoms with Gasteiger partial charge in [-0.05, 0) is 67.7 Å². The Hall–Kier alpha value is -3.40. The van der Waals surface area contributed by atoms with Crippen LogP contribution in [0.15, 0.2) is 60.7 Å². The molecule has 2 heterocycles. The number of halogens is 3. The van der Waals surface area contributed by atoms with Gasteiger partial charge in [-0.1, -0.05) is 43.3 Å². The maximum absolute atomic E-state index is 14.8. The summed E-state index contributed by atoms with van der Waals surface area (Å²) >= 11 is 0. The van der Waals surface area contributed by atoms with E-state index in [0.717, 1.165) is 44.1 Å². The molecule has 2 saturated heterocycles. The fourth-order valence-corrected chi connectivity index (χ4v) is 5.43. The molecule has 3 N–H and O–H groups in total. The zero-order chi connectivity index (χ0) is 28.3. The van der Waals surface area contributed by atoms with E-state index in [1.807, 2.05) is 25.1 Å². The zero-order valence-electron chi connectivity index (χ0n) is 22.6. The molecule has 1 amide bonds. The summed E-state index contributed by atoms with van der Waals surface area (Å²) in [6.45, 7) is 5.18. The molecule has 212 valence electrons. The Kier molecular flexibility index (Phi) is 8.44. The largest absolute Gasteiger partial charge is 0.385 e. The highest BCUT2D eigenvalue weighted by Crippen LogP contribution is 2.32. The summed E-state index contributed by atoms with van der Waals surface area (Å²) in [5.74, 6) is -3.60. The molecule has 3 aromatic carbocycles. The van der Waals surface area contributed by atoms with E-state index in [4.69, 9.17) is 0 Å². The number of anilines is 2. The molecule has 2 aliphatic heterocycles. The minimum Gasteiger partial charge on any atom is -0.385 e. The highest BCUT2D eigenvalue weighted by molar-refractivity contribution is 6.01. The molecule has 0 bridgehead atoms. The normalized spacial score (nSPS) is 17.5. The summed E-state index contributed by atoms with van der Waals surface area (Å²) in [7, 11) is 0. The molecule has 3 aromatic rings. The number of carbonyl (C=O) groups excluding carboxylic acids is 1. The molecule has 2 fully saturated rings. The summed E-state index contributed by atoms with van der Waals surface area (Å²) in [6, 6.07) is 17.1. The Morgan fingerprint density at radius 2 is 1.70 bits per heavy atom. The van der Waals surface area contributed by atoms with Crippen LogP contribution in [-0.2, 0) is 13.0 Å². The van der Waals surface area contributed by atoms with Gasteiger partial charge in [-0.2, -0.15) is 0 Å². The number of rotatable bonds is 9. The van der Waals surface area contributed by atoms with E-state index >= 15 is 0 Å². The van der Waals surface area contributed by atoms with Gasteiger partial charge >= 0.3 is 0 Å². The Morgan fingerprint density at radius 1 is 0.975 bits per heavy atom. The monoisotopic (exact) mass is 552 g/mol. The second-order valence-electron chi connectivity index (χ2n) is 10.9. The summed E-state index contributed by atoms with van der Waals surface area (Å²) < 4.78 is 43.5. The van der Waals surface area contributed by atoms with Gasteiger partial charge in [0.1, 0.15) is 11.4 Å². The molecule has 0 radical (unpaired) electrons. The van der Waals surface area contributed by atoms with Gasteiger partial charge in [0.15, 0.2) is 11.6 Å². The molecule has 0 aromatic heterocycles. The lowest BCUT2D eigenvalue weighted by Gasteiger charge is -2.47. The number of nitrogens with one attached hydrogen (secondary N) is 2. The van der Waals surface area contributed by atoms with Gasteiger partial charge in [0.05, 0.1) is 30.0 Å². The van der Waals surface area contributed by atoms with E-state index in [-0.39, 0.29) is 30.4 Å². The zero-order valence-corrected chi connectivity index (χ0v) is 22.6. The third kappa shape index (κ3) is 6.32. The number of β-amino-alcohol motifs (C(OH)–C–C–N with tert-alkyl or cyclic N) is 1. The van der Waals surface area contributed by atoms with Gasteiger partial charge in [0.25, 0.3) is 5.91 Å². The minimum atomic E-state index is -1.26. The van der Waals surface area contributed by atoms with Gasteiger partial charge in [-0.25, -0.2) is 13.2 Å². The molecular weight excluding hydrogens is 517 g/mol. The molecule has 40 heavy (non-hydrogen) atoms. The van der Waals surface area contributed by atoms with Gasteiger partial charge < -0.3 is 20.6 Å². The van der Waals surface area contributed by atoms with Crippen molar-refractivity contribution in [3.8, 4) is 0 Å². The van der Waals surface area contributed by atoms with Gasteiger partial charge in [-0.15, -0.1) is 0 Å². The lowest BCUT2D eigenvalue weighted by atomic mass is 9.92. The van der Waals surface area contributed by atoms with Crippen LogP contribution < -0.4 is 10.6 Å². The molecule has 0 spiro atoms. The second-order valence-corrected chi connectivity index (χ2v) is 10.9. The lowest BCUT2D eigenvalue weighted by Crippen LogP contribution is -2.68. The van der Waals surface area contributed by atoms with Crippen LogP contribution >= 0.6 is 0 Å². The van der Waals surface area contributed by atoms with E-state index in [2.05, 4.69) is 27.7 Å². The minimum absolute atomic E-state index is 0.0592. The van der Waals surface area contributed by atoms with Crippen LogP contribution in [0.25, 0.3) is 0 Å². The molecule has 0 unspecified atom stereocenters. The maximum atomic E-state index is 14.8. The fourth-order valence-electron chi connectivity index (χ4n) is 5.43. The van der Waals surface area contributed by atoms with Crippen LogP contribution in [0.3, 0.4) is 0 Å². The van der Waals surface area contributed by atoms with Crippen LogP contribution in [0.2, 0.25) is 0 Å². The third-order valence-electron chi connectivity index (χ3n) is 7.84. The molecule has 9 heteroatoms. The van der Waals surface area contributed by atoms with E-state index in [9.17, 15) is 23.1 Å². The Bertz CT molecular complexity index is 1340. The van der Waals surface area contributed by atoms with Crippen LogP contribution in [0, 0.1) is 17.5 Å². The van der Waals surface area contributed by atoms with E-state index in [1.54, 1.807) is 6.07 Å². The number of aliphatic hydroxyl groups is 1. The number of amides is 1. The number of hydrogen-bond donors (Lipinski definition) is 3. The van der Waals surface area contributed by atoms with E-state index in [1.165, 1.54) is 28.7 Å². The molecule has 6 nitrogen and oxygen atoms in total. The van der Waals surface area contributed by atoms with Crippen molar-refractivity contribution in [3.63, 3.8) is 0 Å². The molecule has 0 atom stereocenters. The first-order chi connectivity index (χ1) is 19.2. The molecule has 5 rings (SSSR count). The van der Waals surface area contributed by atoms with Crippen molar-refractivity contribution in [2.45, 2.75) is 44.4 Å². The first kappa shape index (κ1) is 28.1. The highest BCUT2D eigenvalue weighted by Gasteiger charge is 2.44. The fraction of sp³-hybridized carbons (Fsp3) is 0.387. The van der Waals surface area contributed by atoms with E-state index in [0.29, 0.717) is 13.0 Å². The first-order valence-electron chi connectivity index (χ1n) is 13.8. The number of nitrogens with zero attached hydrogens (tertiary/aromatic N) is 2. The van der Waals surface area contributed by atoms with Gasteiger partial charge in [-0.3, -0.25) is 9.69 Å². The summed E-state index contributed by atoms with van der Waals surface area (Å²) in [5, 5.41) is 17.0. The third-order valence-corrected chi connectivity index (χ3v) is 7.84. The average Bonchev–Trinajstić information content (AvgIpc) is 2.95. The number of piperidine rings is 1. The van der Waals surface area contributed by atoms with Crippen LogP contribution in [0.5, 0.6) is 0 Å².